The van der Waals surface area contributed by atoms with Gasteiger partial charge in [0.2, 0.25) is 5.91 Å². The number of amides is 1. The number of rotatable bonds is 37. The quantitative estimate of drug-likeness (QED) is 0.0285. The molecule has 3 atom stereocenters. The number of carbonyl (C=O) groups excluding carboxylic acids is 1. The van der Waals surface area contributed by atoms with Crippen LogP contribution in [0.4, 0.5) is 0 Å². The highest BCUT2D eigenvalue weighted by atomic mass is 31.2. The molecule has 0 saturated heterocycles. The van der Waals surface area contributed by atoms with Gasteiger partial charge in [-0.05, 0) is 51.4 Å². The maximum absolute atomic E-state index is 12.7. The molecule has 292 valence electrons. The van der Waals surface area contributed by atoms with E-state index in [0.29, 0.717) is 12.8 Å². The molecule has 0 radical (unpaired) electrons. The molecule has 1 amide bonds. The summed E-state index contributed by atoms with van der Waals surface area (Å²) < 4.78 is 22.1. The van der Waals surface area contributed by atoms with Gasteiger partial charge in [0.25, 0.3) is 0 Å². The van der Waals surface area contributed by atoms with E-state index in [0.717, 1.165) is 70.6 Å². The Morgan fingerprint density at radius 3 is 1.70 bits per heavy atom. The molecule has 8 nitrogen and oxygen atoms in total. The molecule has 3 unspecified atom stereocenters. The first-order valence-corrected chi connectivity index (χ1v) is 21.7. The summed E-state index contributed by atoms with van der Waals surface area (Å²) in [5.74, 6) is -0.174. The number of nitrogens with one attached hydrogen (secondary N) is 1. The van der Waals surface area contributed by atoms with Gasteiger partial charge in [-0.3, -0.25) is 13.8 Å². The molecule has 0 saturated carbocycles. The van der Waals surface area contributed by atoms with E-state index in [1.54, 1.807) is 0 Å². The zero-order valence-corrected chi connectivity index (χ0v) is 33.0. The number of carbonyl (C=O) groups is 1. The summed E-state index contributed by atoms with van der Waals surface area (Å²) >= 11 is 0. The minimum absolute atomic E-state index is 0.0854. The number of allylic oxidation sites excluding steroid dienone is 8. The van der Waals surface area contributed by atoms with Gasteiger partial charge in [-0.1, -0.05) is 165 Å². The molecule has 0 aromatic rings. The van der Waals surface area contributed by atoms with Gasteiger partial charge in [0, 0.05) is 13.0 Å². The molecule has 0 aromatic carbocycles. The lowest BCUT2D eigenvalue weighted by atomic mass is 10.0. The van der Waals surface area contributed by atoms with Crippen LogP contribution in [0.2, 0.25) is 0 Å². The van der Waals surface area contributed by atoms with Crippen LogP contribution in [0.1, 0.15) is 174 Å². The van der Waals surface area contributed by atoms with Crippen molar-refractivity contribution in [1.29, 1.82) is 0 Å². The van der Waals surface area contributed by atoms with E-state index in [4.69, 9.17) is 14.8 Å². The Kier molecular flexibility index (Phi) is 36.1. The minimum Gasteiger partial charge on any atom is -0.391 e. The molecule has 0 fully saturated rings. The number of nitrogens with two attached hydrogens (primary N) is 1. The fraction of sp³-hybridized carbons (Fsp3) is 0.780. The summed E-state index contributed by atoms with van der Waals surface area (Å²) in [5, 5.41) is 13.7. The lowest BCUT2D eigenvalue weighted by Gasteiger charge is -2.25. The number of hydrogen-bond acceptors (Lipinski definition) is 6. The van der Waals surface area contributed by atoms with Crippen molar-refractivity contribution in [3.05, 3.63) is 48.6 Å². The molecule has 5 N–H and O–H groups in total. The standard InChI is InChI=1S/C41H77N2O6P/c1-3-5-7-9-11-13-15-16-17-18-19-20-21-22-23-24-25-27-29-31-33-35-41(45)43-39(38-49-50(46,47)48-37-36-42)40(44)34-32-30-28-26-14-12-10-8-6-4-2/h5,7,11,13,16-17,19-20,39-40,44H,3-4,6,8-10,12,14-15,18,21-38,42H2,1-2H3,(H,43,45)(H,46,47)/b7-5-,13-11-,17-16-,20-19-. The highest BCUT2D eigenvalue weighted by Gasteiger charge is 2.27. The summed E-state index contributed by atoms with van der Waals surface area (Å²) in [5.41, 5.74) is 5.36. The zero-order valence-electron chi connectivity index (χ0n) is 32.1. The van der Waals surface area contributed by atoms with Crippen LogP contribution in [0.25, 0.3) is 0 Å². The highest BCUT2D eigenvalue weighted by Crippen LogP contribution is 2.43. The molecular formula is C41H77N2O6P. The number of aliphatic hydroxyl groups is 1. The third kappa shape index (κ3) is 34.9. The van der Waals surface area contributed by atoms with Crippen molar-refractivity contribution in [3.63, 3.8) is 0 Å². The van der Waals surface area contributed by atoms with Crippen LogP contribution in [0.3, 0.4) is 0 Å². The van der Waals surface area contributed by atoms with E-state index < -0.39 is 20.0 Å². The minimum atomic E-state index is -4.31. The van der Waals surface area contributed by atoms with Crippen molar-refractivity contribution in [2.45, 2.75) is 187 Å². The third-order valence-corrected chi connectivity index (χ3v) is 9.68. The third-order valence-electron chi connectivity index (χ3n) is 8.70. The summed E-state index contributed by atoms with van der Waals surface area (Å²) in [6.07, 6.45) is 44.0. The van der Waals surface area contributed by atoms with Crippen LogP contribution in [0.5, 0.6) is 0 Å². The SMILES string of the molecule is CC/C=C\C/C=C\C/C=C\C/C=C\CCCCCCCCCCC(=O)NC(COP(=O)(O)OCCN)C(O)CCCCCCCCCCCC. The molecule has 50 heavy (non-hydrogen) atoms. The Balaban J connectivity index is 4.14. The second kappa shape index (κ2) is 37.2. The number of phosphoric acid groups is 1. The van der Waals surface area contributed by atoms with Gasteiger partial charge in [-0.15, -0.1) is 0 Å². The highest BCUT2D eigenvalue weighted by molar-refractivity contribution is 7.47. The lowest BCUT2D eigenvalue weighted by Crippen LogP contribution is -2.46. The molecule has 9 heteroatoms. The zero-order chi connectivity index (χ0) is 36.8. The molecule has 0 spiro atoms. The van der Waals surface area contributed by atoms with E-state index in [-0.39, 0.29) is 25.7 Å². The maximum Gasteiger partial charge on any atom is 0.472 e. The topological polar surface area (TPSA) is 131 Å². The largest absolute Gasteiger partial charge is 0.472 e. The molecule has 0 aliphatic carbocycles. The first kappa shape index (κ1) is 48.5. The van der Waals surface area contributed by atoms with Crippen molar-refractivity contribution in [1.82, 2.24) is 5.32 Å². The van der Waals surface area contributed by atoms with E-state index in [1.165, 1.54) is 77.0 Å². The second-order valence-corrected chi connectivity index (χ2v) is 14.9. The molecule has 0 bridgehead atoms. The van der Waals surface area contributed by atoms with E-state index in [1.807, 2.05) is 0 Å². The van der Waals surface area contributed by atoms with Gasteiger partial charge < -0.3 is 21.1 Å². The van der Waals surface area contributed by atoms with Crippen LogP contribution in [-0.2, 0) is 18.4 Å². The average Bonchev–Trinajstić information content (AvgIpc) is 3.10. The van der Waals surface area contributed by atoms with Crippen molar-refractivity contribution in [2.75, 3.05) is 19.8 Å². The predicted octanol–water partition coefficient (Wildman–Crippen LogP) is 10.9. The smallest absolute Gasteiger partial charge is 0.391 e. The molecule has 0 aliphatic heterocycles. The van der Waals surface area contributed by atoms with Gasteiger partial charge in [-0.2, -0.15) is 0 Å². The summed E-state index contributed by atoms with van der Waals surface area (Å²) in [7, 11) is -4.31. The van der Waals surface area contributed by atoms with Crippen LogP contribution in [-0.4, -0.2) is 47.8 Å². The second-order valence-electron chi connectivity index (χ2n) is 13.5. The Hall–Kier alpha value is -1.54. The van der Waals surface area contributed by atoms with Gasteiger partial charge in [0.15, 0.2) is 0 Å². The number of aliphatic hydroxyl groups excluding tert-OH is 1. The molecule has 0 aliphatic rings. The normalized spacial score (nSPS) is 14.7. The summed E-state index contributed by atoms with van der Waals surface area (Å²) in [6.45, 7) is 4.06. The fourth-order valence-corrected chi connectivity index (χ4v) is 6.42. The average molecular weight is 725 g/mol. The maximum atomic E-state index is 12.7. The monoisotopic (exact) mass is 725 g/mol. The van der Waals surface area contributed by atoms with Gasteiger partial charge in [0.1, 0.15) is 0 Å². The van der Waals surface area contributed by atoms with Crippen LogP contribution < -0.4 is 11.1 Å². The summed E-state index contributed by atoms with van der Waals surface area (Å²) in [4.78, 5) is 22.6. The Morgan fingerprint density at radius 2 is 1.16 bits per heavy atom. The first-order valence-electron chi connectivity index (χ1n) is 20.3. The molecule has 0 aromatic heterocycles. The number of unbranched alkanes of at least 4 members (excludes halogenated alkanes) is 17. The predicted molar refractivity (Wildman–Crippen MR) is 212 cm³/mol. The van der Waals surface area contributed by atoms with Crippen LogP contribution in [0, 0.1) is 0 Å². The first-order chi connectivity index (χ1) is 24.4. The Labute approximate surface area is 307 Å². The molecule has 0 rings (SSSR count). The number of hydrogen-bond donors (Lipinski definition) is 4. The fourth-order valence-electron chi connectivity index (χ4n) is 5.66. The van der Waals surface area contributed by atoms with Gasteiger partial charge >= 0.3 is 7.82 Å². The van der Waals surface area contributed by atoms with Crippen molar-refractivity contribution >= 4 is 13.7 Å². The van der Waals surface area contributed by atoms with Crippen molar-refractivity contribution < 1.29 is 28.4 Å². The van der Waals surface area contributed by atoms with Gasteiger partial charge in [-0.25, -0.2) is 4.57 Å². The Morgan fingerprint density at radius 1 is 0.680 bits per heavy atom. The number of phosphoric ester groups is 1. The van der Waals surface area contributed by atoms with E-state index in [9.17, 15) is 19.4 Å². The van der Waals surface area contributed by atoms with Crippen LogP contribution in [0.15, 0.2) is 48.6 Å². The molecule has 0 heterocycles. The van der Waals surface area contributed by atoms with Gasteiger partial charge in [0.05, 0.1) is 25.4 Å². The van der Waals surface area contributed by atoms with E-state index in [2.05, 4.69) is 67.8 Å². The van der Waals surface area contributed by atoms with Crippen LogP contribution >= 0.6 is 7.82 Å². The molecular weight excluding hydrogens is 647 g/mol. The summed E-state index contributed by atoms with van der Waals surface area (Å²) in [6, 6.07) is -0.778. The van der Waals surface area contributed by atoms with Crippen molar-refractivity contribution in [3.8, 4) is 0 Å². The van der Waals surface area contributed by atoms with Crippen molar-refractivity contribution in [2.24, 2.45) is 5.73 Å². The van der Waals surface area contributed by atoms with E-state index >= 15 is 0 Å². The lowest BCUT2D eigenvalue weighted by molar-refractivity contribution is -0.123. The Bertz CT molecular complexity index is 923.